The molecule has 1 aliphatic heterocycles. The SMILES string of the molecule is CCn1c(=O)oc2cc(NC(=O)N(C)C3CCN(S(C)(=O)=O)CC3)ccc21. The number of carbonyl (C=O) groups excluding carboxylic acids is 1. The number of hydrogen-bond donors (Lipinski definition) is 1. The van der Waals surface area contributed by atoms with Crippen LogP contribution in [0, 0.1) is 0 Å². The van der Waals surface area contributed by atoms with Gasteiger partial charge in [0, 0.05) is 44.5 Å². The Kier molecular flexibility index (Phi) is 5.29. The molecular formula is C17H24N4O5S. The first-order chi connectivity index (χ1) is 12.7. The molecule has 0 atom stereocenters. The first-order valence-electron chi connectivity index (χ1n) is 8.83. The molecule has 0 spiro atoms. The third kappa shape index (κ3) is 4.01. The average molecular weight is 396 g/mol. The summed E-state index contributed by atoms with van der Waals surface area (Å²) in [6, 6.07) is 4.77. The number of amides is 2. The fourth-order valence-corrected chi connectivity index (χ4v) is 4.26. The zero-order valence-electron chi connectivity index (χ0n) is 15.6. The lowest BCUT2D eigenvalue weighted by atomic mass is 10.1. The summed E-state index contributed by atoms with van der Waals surface area (Å²) < 4.78 is 31.3. The minimum atomic E-state index is -3.19. The van der Waals surface area contributed by atoms with Crippen molar-refractivity contribution in [3.63, 3.8) is 0 Å². The van der Waals surface area contributed by atoms with E-state index in [1.54, 1.807) is 30.1 Å². The van der Waals surface area contributed by atoms with Gasteiger partial charge in [-0.05, 0) is 31.9 Å². The van der Waals surface area contributed by atoms with E-state index in [2.05, 4.69) is 5.32 Å². The standard InChI is InChI=1S/C17H24N4O5S/c1-4-21-14-6-5-12(11-15(14)26-17(21)23)18-16(22)19(2)13-7-9-20(10-8-13)27(3,24)25/h5-6,11,13H,4,7-10H2,1-3H3,(H,18,22). The molecule has 0 bridgehead atoms. The maximum absolute atomic E-state index is 12.5. The Bertz CT molecular complexity index is 1000. The van der Waals surface area contributed by atoms with E-state index >= 15 is 0 Å². The number of oxazole rings is 1. The van der Waals surface area contributed by atoms with Gasteiger partial charge in [0.25, 0.3) is 0 Å². The summed E-state index contributed by atoms with van der Waals surface area (Å²) in [5.74, 6) is -0.425. The molecule has 1 N–H and O–H groups in total. The normalized spacial score (nSPS) is 16.6. The number of benzene rings is 1. The number of fused-ring (bicyclic) bond motifs is 1. The Morgan fingerprint density at radius 2 is 2.00 bits per heavy atom. The molecule has 9 nitrogen and oxygen atoms in total. The summed E-state index contributed by atoms with van der Waals surface area (Å²) in [7, 11) is -1.50. The van der Waals surface area contributed by atoms with Crippen LogP contribution < -0.4 is 11.1 Å². The minimum absolute atomic E-state index is 0.0363. The Labute approximate surface area is 157 Å². The predicted octanol–water partition coefficient (Wildman–Crippen LogP) is 1.50. The highest BCUT2D eigenvalue weighted by Gasteiger charge is 2.29. The van der Waals surface area contributed by atoms with Crippen LogP contribution in [0.1, 0.15) is 19.8 Å². The van der Waals surface area contributed by atoms with E-state index in [1.807, 2.05) is 6.92 Å². The van der Waals surface area contributed by atoms with Crippen molar-refractivity contribution in [1.29, 1.82) is 0 Å². The van der Waals surface area contributed by atoms with Crippen molar-refractivity contribution in [3.8, 4) is 0 Å². The Balaban J connectivity index is 1.66. The van der Waals surface area contributed by atoms with Gasteiger partial charge in [-0.15, -0.1) is 0 Å². The number of anilines is 1. The smallest absolute Gasteiger partial charge is 0.408 e. The van der Waals surface area contributed by atoms with E-state index < -0.39 is 15.8 Å². The summed E-state index contributed by atoms with van der Waals surface area (Å²) in [6.07, 6.45) is 2.37. The molecule has 2 amide bonds. The van der Waals surface area contributed by atoms with Gasteiger partial charge in [-0.2, -0.15) is 0 Å². The molecule has 2 aromatic rings. The fraction of sp³-hybridized carbons (Fsp3) is 0.529. The first kappa shape index (κ1) is 19.4. The summed E-state index contributed by atoms with van der Waals surface area (Å²) in [4.78, 5) is 25.9. The van der Waals surface area contributed by atoms with E-state index in [9.17, 15) is 18.0 Å². The molecule has 1 fully saturated rings. The number of hydrogen-bond acceptors (Lipinski definition) is 5. The molecule has 27 heavy (non-hydrogen) atoms. The molecule has 0 saturated carbocycles. The lowest BCUT2D eigenvalue weighted by molar-refractivity contribution is 0.174. The molecule has 148 valence electrons. The van der Waals surface area contributed by atoms with Gasteiger partial charge in [0.2, 0.25) is 10.0 Å². The molecule has 1 aliphatic rings. The molecule has 3 rings (SSSR count). The van der Waals surface area contributed by atoms with Crippen molar-refractivity contribution < 1.29 is 17.6 Å². The van der Waals surface area contributed by atoms with E-state index in [4.69, 9.17) is 4.42 Å². The Morgan fingerprint density at radius 1 is 1.33 bits per heavy atom. The van der Waals surface area contributed by atoms with Crippen LogP contribution in [-0.2, 0) is 16.6 Å². The monoisotopic (exact) mass is 396 g/mol. The van der Waals surface area contributed by atoms with Crippen molar-refractivity contribution in [2.75, 3.05) is 31.7 Å². The van der Waals surface area contributed by atoms with Crippen LogP contribution in [0.5, 0.6) is 0 Å². The van der Waals surface area contributed by atoms with E-state index in [1.165, 1.54) is 15.1 Å². The van der Waals surface area contributed by atoms with Gasteiger partial charge in [-0.1, -0.05) is 0 Å². The van der Waals surface area contributed by atoms with E-state index in [0.29, 0.717) is 49.3 Å². The molecule has 1 aromatic carbocycles. The zero-order chi connectivity index (χ0) is 19.8. The van der Waals surface area contributed by atoms with Gasteiger partial charge >= 0.3 is 11.8 Å². The maximum Gasteiger partial charge on any atom is 0.419 e. The topological polar surface area (TPSA) is 105 Å². The molecule has 2 heterocycles. The van der Waals surface area contributed by atoms with E-state index in [-0.39, 0.29) is 12.1 Å². The first-order valence-corrected chi connectivity index (χ1v) is 10.7. The molecule has 10 heteroatoms. The van der Waals surface area contributed by atoms with Crippen LogP contribution in [0.15, 0.2) is 27.4 Å². The van der Waals surface area contributed by atoms with Crippen LogP contribution >= 0.6 is 0 Å². The van der Waals surface area contributed by atoms with Gasteiger partial charge in [0.1, 0.15) is 0 Å². The van der Waals surface area contributed by atoms with Crippen molar-refractivity contribution in [1.82, 2.24) is 13.8 Å². The highest BCUT2D eigenvalue weighted by molar-refractivity contribution is 7.88. The van der Waals surface area contributed by atoms with Gasteiger partial charge < -0.3 is 14.6 Å². The van der Waals surface area contributed by atoms with Crippen molar-refractivity contribution >= 4 is 32.8 Å². The largest absolute Gasteiger partial charge is 0.419 e. The fourth-order valence-electron chi connectivity index (χ4n) is 3.38. The van der Waals surface area contributed by atoms with Crippen LogP contribution in [0.3, 0.4) is 0 Å². The number of aryl methyl sites for hydroxylation is 1. The number of urea groups is 1. The molecule has 0 unspecified atom stereocenters. The number of aromatic nitrogens is 1. The average Bonchev–Trinajstić information content (AvgIpc) is 2.94. The second-order valence-corrected chi connectivity index (χ2v) is 8.71. The summed E-state index contributed by atoms with van der Waals surface area (Å²) in [5, 5.41) is 2.80. The molecule has 1 saturated heterocycles. The third-order valence-electron chi connectivity index (χ3n) is 5.00. The van der Waals surface area contributed by atoms with Crippen LogP contribution in [0.25, 0.3) is 11.1 Å². The van der Waals surface area contributed by atoms with Crippen molar-refractivity contribution in [2.45, 2.75) is 32.4 Å². The lowest BCUT2D eigenvalue weighted by Gasteiger charge is -2.35. The summed E-state index contributed by atoms with van der Waals surface area (Å²) in [6.45, 7) is 3.17. The Hall–Kier alpha value is -2.33. The molecule has 1 aromatic heterocycles. The van der Waals surface area contributed by atoms with Crippen LogP contribution in [-0.4, -0.2) is 60.7 Å². The Morgan fingerprint density at radius 3 is 2.59 bits per heavy atom. The van der Waals surface area contributed by atoms with Gasteiger partial charge in [-0.25, -0.2) is 22.3 Å². The van der Waals surface area contributed by atoms with Crippen molar-refractivity contribution in [2.24, 2.45) is 0 Å². The van der Waals surface area contributed by atoms with Crippen molar-refractivity contribution in [3.05, 3.63) is 28.7 Å². The minimum Gasteiger partial charge on any atom is -0.408 e. The number of sulfonamides is 1. The van der Waals surface area contributed by atoms with Gasteiger partial charge in [0.15, 0.2) is 5.58 Å². The highest BCUT2D eigenvalue weighted by Crippen LogP contribution is 2.21. The van der Waals surface area contributed by atoms with Gasteiger partial charge in [0.05, 0.1) is 11.8 Å². The number of nitrogens with zero attached hydrogens (tertiary/aromatic N) is 3. The molecule has 0 aliphatic carbocycles. The number of carbonyl (C=O) groups is 1. The molecule has 0 radical (unpaired) electrons. The zero-order valence-corrected chi connectivity index (χ0v) is 16.5. The highest BCUT2D eigenvalue weighted by atomic mass is 32.2. The number of nitrogens with one attached hydrogen (secondary N) is 1. The third-order valence-corrected chi connectivity index (χ3v) is 6.30. The number of piperidine rings is 1. The predicted molar refractivity (Wildman–Crippen MR) is 102 cm³/mol. The second kappa shape index (κ2) is 7.35. The van der Waals surface area contributed by atoms with E-state index in [0.717, 1.165) is 0 Å². The lowest BCUT2D eigenvalue weighted by Crippen LogP contribution is -2.48. The molecular weight excluding hydrogens is 372 g/mol. The second-order valence-electron chi connectivity index (χ2n) is 6.73. The summed E-state index contributed by atoms with van der Waals surface area (Å²) in [5.41, 5.74) is 1.63. The number of rotatable bonds is 4. The van der Waals surface area contributed by atoms with Crippen LogP contribution in [0.4, 0.5) is 10.5 Å². The summed E-state index contributed by atoms with van der Waals surface area (Å²) >= 11 is 0. The van der Waals surface area contributed by atoms with Crippen LogP contribution in [0.2, 0.25) is 0 Å². The van der Waals surface area contributed by atoms with Gasteiger partial charge in [-0.3, -0.25) is 4.57 Å². The quantitative estimate of drug-likeness (QED) is 0.843. The maximum atomic E-state index is 12.5.